The summed E-state index contributed by atoms with van der Waals surface area (Å²) in [6.45, 7) is 0. The predicted octanol–water partition coefficient (Wildman–Crippen LogP) is 3.77. The smallest absolute Gasteiger partial charge is 0.132 e. The summed E-state index contributed by atoms with van der Waals surface area (Å²) in [5, 5.41) is 4.21. The maximum absolute atomic E-state index is 14.4. The Balaban J connectivity index is 2.04. The molecule has 1 atom stereocenters. The number of nitrogens with two attached hydrogens (primary N) is 2. The summed E-state index contributed by atoms with van der Waals surface area (Å²) in [6.07, 6.45) is 5.16. The van der Waals surface area contributed by atoms with Crippen molar-refractivity contribution in [1.82, 2.24) is 10.3 Å². The van der Waals surface area contributed by atoms with Gasteiger partial charge in [0.2, 0.25) is 0 Å². The van der Waals surface area contributed by atoms with Crippen molar-refractivity contribution in [2.24, 2.45) is 11.5 Å². The van der Waals surface area contributed by atoms with Crippen molar-refractivity contribution in [3.63, 3.8) is 0 Å². The normalized spacial score (nSPS) is 19.3. The fourth-order valence-corrected chi connectivity index (χ4v) is 3.30. The monoisotopic (exact) mass is 366 g/mol. The zero-order valence-corrected chi connectivity index (χ0v) is 14.5. The lowest BCUT2D eigenvalue weighted by molar-refractivity contribution is 0.629. The predicted molar refractivity (Wildman–Crippen MR) is 103 cm³/mol. The average molecular weight is 367 g/mol. The van der Waals surface area contributed by atoms with Crippen molar-refractivity contribution in [3.05, 3.63) is 89.1 Å². The molecule has 4 rings (SSSR count). The molecule has 130 valence electrons. The maximum Gasteiger partial charge on any atom is 0.132 e. The molecular weight excluding hydrogens is 351 g/mol. The Morgan fingerprint density at radius 2 is 1.92 bits per heavy atom. The molecule has 0 aliphatic carbocycles. The fourth-order valence-electron chi connectivity index (χ4n) is 3.13. The quantitative estimate of drug-likeness (QED) is 0.645. The first-order chi connectivity index (χ1) is 12.5. The Labute approximate surface area is 155 Å². The summed E-state index contributed by atoms with van der Waals surface area (Å²) in [7, 11) is 0. The van der Waals surface area contributed by atoms with E-state index in [2.05, 4.69) is 10.3 Å². The molecule has 1 aromatic heterocycles. The molecule has 0 amide bonds. The van der Waals surface area contributed by atoms with E-state index < -0.39 is 11.4 Å². The molecule has 3 aromatic rings. The third-order valence-corrected chi connectivity index (χ3v) is 4.76. The van der Waals surface area contributed by atoms with Crippen LogP contribution in [0.1, 0.15) is 5.56 Å². The first-order valence-electron chi connectivity index (χ1n) is 8.03. The topological polar surface area (TPSA) is 77.0 Å². The standard InChI is InChI=1S/C20H16ClFN4/c21-12-5-6-16(22)14(9-12)18-10-15(13-3-1-2-4-17(13)26-18)20(24)7-8-25-11-19(20)23/h1-11,25H,23-24H2. The van der Waals surface area contributed by atoms with Crippen LogP contribution < -0.4 is 16.8 Å². The minimum absolute atomic E-state index is 0.313. The minimum Gasteiger partial charge on any atom is -0.399 e. The Morgan fingerprint density at radius 1 is 1.12 bits per heavy atom. The highest BCUT2D eigenvalue weighted by Gasteiger charge is 2.32. The van der Waals surface area contributed by atoms with Gasteiger partial charge in [0.15, 0.2) is 0 Å². The second kappa shape index (κ2) is 6.12. The minimum atomic E-state index is -1.03. The molecule has 5 N–H and O–H groups in total. The number of rotatable bonds is 2. The maximum atomic E-state index is 14.4. The Morgan fingerprint density at radius 3 is 2.73 bits per heavy atom. The second-order valence-electron chi connectivity index (χ2n) is 6.17. The molecule has 0 saturated carbocycles. The number of halogens is 2. The van der Waals surface area contributed by atoms with E-state index >= 15 is 0 Å². The summed E-state index contributed by atoms with van der Waals surface area (Å²) in [6, 6.07) is 13.7. The van der Waals surface area contributed by atoms with Gasteiger partial charge in [0.25, 0.3) is 0 Å². The number of dihydropyridines is 1. The Kier molecular flexibility index (Phi) is 3.90. The zero-order chi connectivity index (χ0) is 18.3. The largest absolute Gasteiger partial charge is 0.399 e. The molecular formula is C20H16ClFN4. The third kappa shape index (κ3) is 2.62. The third-order valence-electron chi connectivity index (χ3n) is 4.53. The fraction of sp³-hybridized carbons (Fsp3) is 0.0500. The van der Waals surface area contributed by atoms with E-state index in [4.69, 9.17) is 23.1 Å². The van der Waals surface area contributed by atoms with Crippen molar-refractivity contribution in [1.29, 1.82) is 0 Å². The van der Waals surface area contributed by atoms with E-state index in [1.165, 1.54) is 12.1 Å². The Bertz CT molecular complexity index is 1080. The molecule has 2 aromatic carbocycles. The van der Waals surface area contributed by atoms with Gasteiger partial charge in [-0.15, -0.1) is 0 Å². The van der Waals surface area contributed by atoms with E-state index in [-0.39, 0.29) is 0 Å². The second-order valence-corrected chi connectivity index (χ2v) is 6.60. The molecule has 0 bridgehead atoms. The zero-order valence-electron chi connectivity index (χ0n) is 13.7. The highest BCUT2D eigenvalue weighted by molar-refractivity contribution is 6.30. The van der Waals surface area contributed by atoms with Gasteiger partial charge in [-0.2, -0.15) is 0 Å². The van der Waals surface area contributed by atoms with Crippen LogP contribution in [-0.2, 0) is 5.54 Å². The van der Waals surface area contributed by atoms with Crippen molar-refractivity contribution < 1.29 is 4.39 Å². The summed E-state index contributed by atoms with van der Waals surface area (Å²) >= 11 is 6.06. The summed E-state index contributed by atoms with van der Waals surface area (Å²) in [4.78, 5) is 4.60. The van der Waals surface area contributed by atoms with E-state index in [1.807, 2.05) is 24.3 Å². The molecule has 1 unspecified atom stereocenters. The van der Waals surface area contributed by atoms with Crippen LogP contribution in [0.4, 0.5) is 4.39 Å². The van der Waals surface area contributed by atoms with Gasteiger partial charge in [-0.25, -0.2) is 9.37 Å². The summed E-state index contributed by atoms with van der Waals surface area (Å²) in [5.74, 6) is -0.404. The number of nitrogens with one attached hydrogen (secondary N) is 1. The van der Waals surface area contributed by atoms with Crippen LogP contribution in [-0.4, -0.2) is 4.98 Å². The first kappa shape index (κ1) is 16.6. The van der Waals surface area contributed by atoms with Crippen molar-refractivity contribution in [2.45, 2.75) is 5.54 Å². The van der Waals surface area contributed by atoms with Crippen LogP contribution in [0, 0.1) is 5.82 Å². The lowest BCUT2D eigenvalue weighted by Crippen LogP contribution is -2.43. The number of para-hydroxylation sites is 1. The number of fused-ring (bicyclic) bond motifs is 1. The van der Waals surface area contributed by atoms with E-state index in [0.717, 1.165) is 10.9 Å². The molecule has 0 fully saturated rings. The van der Waals surface area contributed by atoms with Crippen LogP contribution in [0.3, 0.4) is 0 Å². The molecule has 26 heavy (non-hydrogen) atoms. The molecule has 1 aliphatic heterocycles. The highest BCUT2D eigenvalue weighted by atomic mass is 35.5. The van der Waals surface area contributed by atoms with Crippen LogP contribution in [0.25, 0.3) is 22.2 Å². The van der Waals surface area contributed by atoms with Crippen LogP contribution in [0.2, 0.25) is 5.02 Å². The van der Waals surface area contributed by atoms with Gasteiger partial charge >= 0.3 is 0 Å². The summed E-state index contributed by atoms with van der Waals surface area (Å²) in [5.41, 5.74) is 14.4. The lowest BCUT2D eigenvalue weighted by Gasteiger charge is -2.31. The molecule has 0 radical (unpaired) electrons. The molecule has 1 aliphatic rings. The van der Waals surface area contributed by atoms with Gasteiger partial charge < -0.3 is 16.8 Å². The van der Waals surface area contributed by atoms with Crippen molar-refractivity contribution >= 4 is 22.5 Å². The molecule has 0 saturated heterocycles. The number of nitrogens with zero attached hydrogens (tertiary/aromatic N) is 1. The van der Waals surface area contributed by atoms with Crippen molar-refractivity contribution in [3.8, 4) is 11.3 Å². The molecule has 4 nitrogen and oxygen atoms in total. The van der Waals surface area contributed by atoms with Gasteiger partial charge in [-0.3, -0.25) is 0 Å². The van der Waals surface area contributed by atoms with Crippen molar-refractivity contribution in [2.75, 3.05) is 0 Å². The van der Waals surface area contributed by atoms with Gasteiger partial charge in [-0.1, -0.05) is 29.8 Å². The summed E-state index contributed by atoms with van der Waals surface area (Å²) < 4.78 is 14.4. The van der Waals surface area contributed by atoms with Crippen LogP contribution in [0.5, 0.6) is 0 Å². The van der Waals surface area contributed by atoms with E-state index in [0.29, 0.717) is 27.5 Å². The van der Waals surface area contributed by atoms with Crippen LogP contribution in [0.15, 0.2) is 72.7 Å². The molecule has 6 heteroatoms. The number of benzene rings is 2. The lowest BCUT2D eigenvalue weighted by atomic mass is 9.84. The van der Waals surface area contributed by atoms with Gasteiger partial charge in [-0.05, 0) is 48.2 Å². The number of hydrogen-bond acceptors (Lipinski definition) is 4. The number of pyridine rings is 1. The van der Waals surface area contributed by atoms with Crippen LogP contribution >= 0.6 is 11.6 Å². The number of aromatic nitrogens is 1. The average Bonchev–Trinajstić information content (AvgIpc) is 2.65. The van der Waals surface area contributed by atoms with Gasteiger partial charge in [0.05, 0.1) is 16.9 Å². The number of hydrogen-bond donors (Lipinski definition) is 3. The first-order valence-corrected chi connectivity index (χ1v) is 8.41. The van der Waals surface area contributed by atoms with E-state index in [9.17, 15) is 4.39 Å². The Hall–Kier alpha value is -2.89. The van der Waals surface area contributed by atoms with Gasteiger partial charge in [0, 0.05) is 22.2 Å². The highest BCUT2D eigenvalue weighted by Crippen LogP contribution is 2.36. The van der Waals surface area contributed by atoms with E-state index in [1.54, 1.807) is 30.6 Å². The SMILES string of the molecule is NC1=CNC=CC1(N)c1cc(-c2cc(Cl)ccc2F)nc2ccccc12. The molecule has 2 heterocycles. The van der Waals surface area contributed by atoms with Gasteiger partial charge in [0.1, 0.15) is 11.4 Å². The molecule has 0 spiro atoms.